The highest BCUT2D eigenvalue weighted by Crippen LogP contribution is 2.06. The van der Waals surface area contributed by atoms with Gasteiger partial charge in [0.05, 0.1) is 5.92 Å². The minimum atomic E-state index is -0.937. The smallest absolute Gasteiger partial charge is 0.230 e. The zero-order chi connectivity index (χ0) is 12.6. The van der Waals surface area contributed by atoms with Gasteiger partial charge in [0.15, 0.2) is 5.84 Å². The van der Waals surface area contributed by atoms with Crippen LogP contribution in [0, 0.1) is 5.92 Å². The molecule has 94 valence electrons. The number of oxime groups is 1. The van der Waals surface area contributed by atoms with Crippen LogP contribution in [0.5, 0.6) is 0 Å². The number of amides is 1. The van der Waals surface area contributed by atoms with Crippen LogP contribution in [0.2, 0.25) is 0 Å². The lowest BCUT2D eigenvalue weighted by atomic mass is 10.0. The largest absolute Gasteiger partial charge is 0.409 e. The second-order valence-electron chi connectivity index (χ2n) is 3.43. The van der Waals surface area contributed by atoms with Crippen molar-refractivity contribution in [1.82, 2.24) is 5.32 Å². The van der Waals surface area contributed by atoms with E-state index in [0.29, 0.717) is 18.7 Å². The molecule has 0 aliphatic rings. The van der Waals surface area contributed by atoms with Crippen LogP contribution in [0.25, 0.3) is 0 Å². The maximum Gasteiger partial charge on any atom is 0.230 e. The molecule has 16 heavy (non-hydrogen) atoms. The van der Waals surface area contributed by atoms with Gasteiger partial charge in [-0.2, -0.15) is 0 Å². The van der Waals surface area contributed by atoms with Gasteiger partial charge >= 0.3 is 0 Å². The van der Waals surface area contributed by atoms with Gasteiger partial charge in [0, 0.05) is 29.4 Å². The van der Waals surface area contributed by atoms with Crippen LogP contribution >= 0.6 is 0 Å². The van der Waals surface area contributed by atoms with Crippen molar-refractivity contribution in [3.8, 4) is 0 Å². The highest BCUT2D eigenvalue weighted by molar-refractivity contribution is 7.84. The monoisotopic (exact) mass is 249 g/mol. The summed E-state index contributed by atoms with van der Waals surface area (Å²) in [5, 5.41) is 14.0. The predicted octanol–water partition coefficient (Wildman–Crippen LogP) is -0.356. The highest BCUT2D eigenvalue weighted by atomic mass is 32.2. The molecule has 0 aliphatic heterocycles. The normalized spacial score (nSPS) is 15.5. The van der Waals surface area contributed by atoms with E-state index in [2.05, 4.69) is 10.5 Å². The number of nitrogens with two attached hydrogens (primary N) is 1. The average molecular weight is 249 g/mol. The lowest BCUT2D eigenvalue weighted by Crippen LogP contribution is -2.40. The standard InChI is InChI=1S/C9H19N3O3S/c1-3-4-7(8(10)12-14)9(13)11-5-6-16(2)15/h7,14H,3-6H2,1-2H3,(H2,10,12)(H,11,13). The Labute approximate surface area is 97.7 Å². The minimum Gasteiger partial charge on any atom is -0.409 e. The zero-order valence-corrected chi connectivity index (χ0v) is 10.4. The van der Waals surface area contributed by atoms with Crippen molar-refractivity contribution in [1.29, 1.82) is 0 Å². The third-order valence-electron chi connectivity index (χ3n) is 2.06. The summed E-state index contributed by atoms with van der Waals surface area (Å²) in [6.07, 6.45) is 2.85. The molecular weight excluding hydrogens is 230 g/mol. The third-order valence-corrected chi connectivity index (χ3v) is 2.83. The first-order valence-electron chi connectivity index (χ1n) is 5.08. The molecule has 0 fully saturated rings. The van der Waals surface area contributed by atoms with E-state index in [0.717, 1.165) is 6.42 Å². The first-order valence-corrected chi connectivity index (χ1v) is 6.80. The average Bonchev–Trinajstić information content (AvgIpc) is 2.24. The maximum atomic E-state index is 11.6. The molecule has 0 aromatic rings. The molecule has 2 atom stereocenters. The quantitative estimate of drug-likeness (QED) is 0.248. The van der Waals surface area contributed by atoms with Crippen LogP contribution in [-0.4, -0.2) is 39.7 Å². The number of nitrogens with zero attached hydrogens (tertiary/aromatic N) is 1. The molecule has 0 saturated carbocycles. The van der Waals surface area contributed by atoms with Gasteiger partial charge in [0.2, 0.25) is 5.91 Å². The van der Waals surface area contributed by atoms with Gasteiger partial charge in [-0.25, -0.2) is 0 Å². The Morgan fingerprint density at radius 3 is 2.69 bits per heavy atom. The van der Waals surface area contributed by atoms with E-state index in [1.54, 1.807) is 6.26 Å². The number of rotatable bonds is 7. The predicted molar refractivity (Wildman–Crippen MR) is 63.8 cm³/mol. The third kappa shape index (κ3) is 5.69. The lowest BCUT2D eigenvalue weighted by molar-refractivity contribution is -0.123. The summed E-state index contributed by atoms with van der Waals surface area (Å²) in [5.41, 5.74) is 5.41. The van der Waals surface area contributed by atoms with Crippen LogP contribution in [0.3, 0.4) is 0 Å². The molecule has 6 nitrogen and oxygen atoms in total. The molecule has 0 spiro atoms. The van der Waals surface area contributed by atoms with Gasteiger partial charge in [-0.3, -0.25) is 9.00 Å². The fourth-order valence-corrected chi connectivity index (χ4v) is 1.60. The molecule has 7 heteroatoms. The first kappa shape index (κ1) is 14.9. The number of carbonyl (C=O) groups is 1. The molecule has 0 aliphatic carbocycles. The van der Waals surface area contributed by atoms with Crippen molar-refractivity contribution < 1.29 is 14.2 Å². The second kappa shape index (κ2) is 8.09. The summed E-state index contributed by atoms with van der Waals surface area (Å²) in [5.74, 6) is -0.583. The minimum absolute atomic E-state index is 0.0861. The van der Waals surface area contributed by atoms with Crippen molar-refractivity contribution in [2.24, 2.45) is 16.8 Å². The van der Waals surface area contributed by atoms with Crippen molar-refractivity contribution in [2.75, 3.05) is 18.6 Å². The Kier molecular flexibility index (Phi) is 7.53. The molecule has 0 saturated heterocycles. The molecule has 0 aromatic heterocycles. The summed E-state index contributed by atoms with van der Waals surface area (Å²) in [7, 11) is -0.937. The molecule has 4 N–H and O–H groups in total. The topological polar surface area (TPSA) is 105 Å². The Balaban J connectivity index is 4.23. The van der Waals surface area contributed by atoms with Gasteiger partial charge in [0.1, 0.15) is 0 Å². The number of hydrogen-bond acceptors (Lipinski definition) is 4. The van der Waals surface area contributed by atoms with Crippen molar-refractivity contribution >= 4 is 22.5 Å². The van der Waals surface area contributed by atoms with Crippen LogP contribution in [0.4, 0.5) is 0 Å². The van der Waals surface area contributed by atoms with E-state index < -0.39 is 16.7 Å². The van der Waals surface area contributed by atoms with E-state index in [1.807, 2.05) is 6.92 Å². The van der Waals surface area contributed by atoms with Crippen molar-refractivity contribution in [3.05, 3.63) is 0 Å². The maximum absolute atomic E-state index is 11.6. The van der Waals surface area contributed by atoms with Crippen molar-refractivity contribution in [3.63, 3.8) is 0 Å². The van der Waals surface area contributed by atoms with Crippen LogP contribution in [-0.2, 0) is 15.6 Å². The molecule has 0 heterocycles. The Bertz CT molecular complexity index is 281. The Morgan fingerprint density at radius 2 is 2.25 bits per heavy atom. The summed E-state index contributed by atoms with van der Waals surface area (Å²) >= 11 is 0. The van der Waals surface area contributed by atoms with Gasteiger partial charge in [-0.15, -0.1) is 0 Å². The lowest BCUT2D eigenvalue weighted by Gasteiger charge is -2.14. The van der Waals surface area contributed by atoms with Crippen molar-refractivity contribution in [2.45, 2.75) is 19.8 Å². The van der Waals surface area contributed by atoms with Crippen LogP contribution < -0.4 is 11.1 Å². The SMILES string of the molecule is CCCC(C(=O)NCCS(C)=O)C(N)=NO. The van der Waals surface area contributed by atoms with Gasteiger partial charge in [-0.1, -0.05) is 18.5 Å². The number of hydrogen-bond donors (Lipinski definition) is 3. The first-order chi connectivity index (χ1) is 7.52. The Morgan fingerprint density at radius 1 is 1.62 bits per heavy atom. The molecule has 0 aromatic carbocycles. The molecule has 2 unspecified atom stereocenters. The zero-order valence-electron chi connectivity index (χ0n) is 9.60. The van der Waals surface area contributed by atoms with E-state index >= 15 is 0 Å². The number of nitrogens with one attached hydrogen (secondary N) is 1. The molecule has 1 amide bonds. The van der Waals surface area contributed by atoms with Gasteiger partial charge in [0.25, 0.3) is 0 Å². The van der Waals surface area contributed by atoms with E-state index in [-0.39, 0.29) is 11.7 Å². The molecule has 0 bridgehead atoms. The number of carbonyl (C=O) groups excluding carboxylic acids is 1. The summed E-state index contributed by atoms with van der Waals surface area (Å²) in [6.45, 7) is 2.24. The highest BCUT2D eigenvalue weighted by Gasteiger charge is 2.21. The Hall–Kier alpha value is -1.11. The van der Waals surface area contributed by atoms with Gasteiger partial charge < -0.3 is 16.3 Å². The van der Waals surface area contributed by atoms with E-state index in [4.69, 9.17) is 10.9 Å². The fraction of sp³-hybridized carbons (Fsp3) is 0.778. The van der Waals surface area contributed by atoms with Crippen LogP contribution in [0.15, 0.2) is 5.16 Å². The molecule has 0 radical (unpaired) electrons. The molecular formula is C9H19N3O3S. The summed E-state index contributed by atoms with van der Waals surface area (Å²) in [4.78, 5) is 11.6. The fourth-order valence-electron chi connectivity index (χ4n) is 1.21. The number of amidine groups is 1. The van der Waals surface area contributed by atoms with Gasteiger partial charge in [-0.05, 0) is 6.42 Å². The second-order valence-corrected chi connectivity index (χ2v) is 4.99. The molecule has 0 rings (SSSR count). The van der Waals surface area contributed by atoms with Crippen LogP contribution in [0.1, 0.15) is 19.8 Å². The van der Waals surface area contributed by atoms with E-state index in [1.165, 1.54) is 0 Å². The summed E-state index contributed by atoms with van der Waals surface area (Å²) in [6, 6.07) is 0. The van der Waals surface area contributed by atoms with E-state index in [9.17, 15) is 9.00 Å². The summed E-state index contributed by atoms with van der Waals surface area (Å²) < 4.78 is 10.8.